The molecule has 3 rings (SSSR count). The highest BCUT2D eigenvalue weighted by molar-refractivity contribution is 9.10. The molecule has 1 aliphatic rings. The van der Waals surface area contributed by atoms with Crippen molar-refractivity contribution in [3.05, 3.63) is 28.0 Å². The molecule has 1 N–H and O–H groups in total. The Hall–Kier alpha value is -0.870. The van der Waals surface area contributed by atoms with Gasteiger partial charge in [-0.05, 0) is 50.0 Å². The topological polar surface area (TPSA) is 29.9 Å². The fourth-order valence-electron chi connectivity index (χ4n) is 2.79. The van der Waals surface area contributed by atoms with Gasteiger partial charge in [0.25, 0.3) is 0 Å². The Morgan fingerprint density at radius 2 is 2.33 bits per heavy atom. The van der Waals surface area contributed by atoms with Gasteiger partial charge in [-0.3, -0.25) is 0 Å². The number of imidazole rings is 1. The number of hydrogen-bond donors (Lipinski definition) is 1. The van der Waals surface area contributed by atoms with Crippen LogP contribution in [-0.2, 0) is 13.5 Å². The van der Waals surface area contributed by atoms with Crippen molar-refractivity contribution in [2.75, 3.05) is 13.1 Å². The molecule has 96 valence electrons. The van der Waals surface area contributed by atoms with Crippen molar-refractivity contribution in [3.8, 4) is 0 Å². The second-order valence-electron chi connectivity index (χ2n) is 5.24. The Balaban J connectivity index is 2.02. The monoisotopic (exact) mass is 307 g/mol. The van der Waals surface area contributed by atoms with E-state index in [2.05, 4.69) is 51.9 Å². The number of aryl methyl sites for hydroxylation is 2. The lowest BCUT2D eigenvalue weighted by Crippen LogP contribution is -2.12. The smallest absolute Gasteiger partial charge is 0.109 e. The van der Waals surface area contributed by atoms with Crippen molar-refractivity contribution in [1.29, 1.82) is 0 Å². The number of nitrogens with one attached hydrogen (secondary N) is 1. The van der Waals surface area contributed by atoms with Gasteiger partial charge in [0.1, 0.15) is 5.82 Å². The average molecular weight is 308 g/mol. The van der Waals surface area contributed by atoms with E-state index in [9.17, 15) is 0 Å². The molecule has 1 aromatic carbocycles. The van der Waals surface area contributed by atoms with Gasteiger partial charge in [-0.15, -0.1) is 0 Å². The molecular weight excluding hydrogens is 290 g/mol. The van der Waals surface area contributed by atoms with Gasteiger partial charge < -0.3 is 9.88 Å². The second-order valence-corrected chi connectivity index (χ2v) is 6.16. The Morgan fingerprint density at radius 3 is 3.06 bits per heavy atom. The maximum Gasteiger partial charge on any atom is 0.109 e. The van der Waals surface area contributed by atoms with Crippen LogP contribution in [0, 0.1) is 12.8 Å². The molecule has 1 saturated heterocycles. The lowest BCUT2D eigenvalue weighted by atomic mass is 10.0. The second kappa shape index (κ2) is 4.67. The van der Waals surface area contributed by atoms with Gasteiger partial charge in [0.05, 0.1) is 11.0 Å². The van der Waals surface area contributed by atoms with Crippen molar-refractivity contribution in [3.63, 3.8) is 0 Å². The van der Waals surface area contributed by atoms with Gasteiger partial charge >= 0.3 is 0 Å². The maximum atomic E-state index is 4.83. The normalized spacial score (nSPS) is 19.8. The largest absolute Gasteiger partial charge is 0.331 e. The highest BCUT2D eigenvalue weighted by Gasteiger charge is 2.18. The van der Waals surface area contributed by atoms with Crippen molar-refractivity contribution >= 4 is 27.0 Å². The van der Waals surface area contributed by atoms with Crippen LogP contribution >= 0.6 is 15.9 Å². The molecule has 1 unspecified atom stereocenters. The molecule has 18 heavy (non-hydrogen) atoms. The number of hydrogen-bond acceptors (Lipinski definition) is 2. The Labute approximate surface area is 116 Å². The summed E-state index contributed by atoms with van der Waals surface area (Å²) in [5.41, 5.74) is 3.61. The van der Waals surface area contributed by atoms with Crippen molar-refractivity contribution in [2.45, 2.75) is 19.8 Å². The minimum atomic E-state index is 0.740. The number of benzene rings is 1. The van der Waals surface area contributed by atoms with Gasteiger partial charge in [-0.2, -0.15) is 0 Å². The summed E-state index contributed by atoms with van der Waals surface area (Å²) in [6, 6.07) is 4.29. The van der Waals surface area contributed by atoms with Crippen LogP contribution in [-0.4, -0.2) is 22.6 Å². The van der Waals surface area contributed by atoms with E-state index in [1.807, 2.05) is 0 Å². The predicted molar refractivity (Wildman–Crippen MR) is 77.8 cm³/mol. The van der Waals surface area contributed by atoms with Crippen LogP contribution in [0.25, 0.3) is 11.0 Å². The van der Waals surface area contributed by atoms with Gasteiger partial charge in [0.15, 0.2) is 0 Å². The van der Waals surface area contributed by atoms with E-state index in [1.54, 1.807) is 0 Å². The van der Waals surface area contributed by atoms with Crippen LogP contribution < -0.4 is 5.32 Å². The zero-order chi connectivity index (χ0) is 12.7. The lowest BCUT2D eigenvalue weighted by Gasteiger charge is -2.07. The highest BCUT2D eigenvalue weighted by Crippen LogP contribution is 2.25. The number of halogens is 1. The van der Waals surface area contributed by atoms with E-state index in [4.69, 9.17) is 4.98 Å². The zero-order valence-electron chi connectivity index (χ0n) is 10.8. The summed E-state index contributed by atoms with van der Waals surface area (Å²) in [7, 11) is 2.12. The molecule has 0 amide bonds. The van der Waals surface area contributed by atoms with E-state index in [0.29, 0.717) is 0 Å². The van der Waals surface area contributed by atoms with Crippen molar-refractivity contribution in [1.82, 2.24) is 14.9 Å². The van der Waals surface area contributed by atoms with Gasteiger partial charge in [0.2, 0.25) is 0 Å². The minimum Gasteiger partial charge on any atom is -0.331 e. The molecule has 0 saturated carbocycles. The first-order valence-electron chi connectivity index (χ1n) is 6.47. The van der Waals surface area contributed by atoms with Crippen LogP contribution in [0.5, 0.6) is 0 Å². The molecule has 2 heterocycles. The zero-order valence-corrected chi connectivity index (χ0v) is 12.4. The Kier molecular flexibility index (Phi) is 3.16. The van der Waals surface area contributed by atoms with Crippen LogP contribution in [0.2, 0.25) is 0 Å². The number of nitrogens with zero attached hydrogens (tertiary/aromatic N) is 2. The SMILES string of the molecule is Cc1cc(Br)cc2c1nc(CC1CCNC1)n2C. The number of aromatic nitrogens is 2. The third kappa shape index (κ3) is 2.08. The molecule has 0 bridgehead atoms. The molecule has 1 aromatic heterocycles. The molecular formula is C14H18BrN3. The molecule has 1 fully saturated rings. The van der Waals surface area contributed by atoms with Gasteiger partial charge in [-0.25, -0.2) is 4.98 Å². The third-order valence-electron chi connectivity index (χ3n) is 3.87. The molecule has 3 nitrogen and oxygen atoms in total. The maximum absolute atomic E-state index is 4.83. The van der Waals surface area contributed by atoms with Crippen LogP contribution in [0.1, 0.15) is 17.8 Å². The molecule has 4 heteroatoms. The van der Waals surface area contributed by atoms with E-state index in [1.165, 1.54) is 23.3 Å². The van der Waals surface area contributed by atoms with Crippen LogP contribution in [0.15, 0.2) is 16.6 Å². The molecule has 0 aliphatic carbocycles. The Bertz CT molecular complexity index is 582. The van der Waals surface area contributed by atoms with E-state index in [-0.39, 0.29) is 0 Å². The number of fused-ring (bicyclic) bond motifs is 1. The fourth-order valence-corrected chi connectivity index (χ4v) is 3.35. The number of rotatable bonds is 2. The van der Waals surface area contributed by atoms with Crippen molar-refractivity contribution < 1.29 is 0 Å². The quantitative estimate of drug-likeness (QED) is 0.924. The molecule has 1 aliphatic heterocycles. The molecule has 2 aromatic rings. The summed E-state index contributed by atoms with van der Waals surface area (Å²) < 4.78 is 3.37. The van der Waals surface area contributed by atoms with E-state index < -0.39 is 0 Å². The average Bonchev–Trinajstić information content (AvgIpc) is 2.91. The fraction of sp³-hybridized carbons (Fsp3) is 0.500. The summed E-state index contributed by atoms with van der Waals surface area (Å²) in [5.74, 6) is 1.95. The summed E-state index contributed by atoms with van der Waals surface area (Å²) >= 11 is 3.56. The van der Waals surface area contributed by atoms with Crippen LogP contribution in [0.4, 0.5) is 0 Å². The summed E-state index contributed by atoms with van der Waals surface area (Å²) in [5, 5.41) is 3.42. The highest BCUT2D eigenvalue weighted by atomic mass is 79.9. The lowest BCUT2D eigenvalue weighted by molar-refractivity contribution is 0.552. The van der Waals surface area contributed by atoms with Crippen LogP contribution in [0.3, 0.4) is 0 Å². The van der Waals surface area contributed by atoms with Gasteiger partial charge in [-0.1, -0.05) is 15.9 Å². The summed E-state index contributed by atoms with van der Waals surface area (Å²) in [4.78, 5) is 4.83. The first-order valence-corrected chi connectivity index (χ1v) is 7.26. The predicted octanol–water partition coefficient (Wildman–Crippen LogP) is 2.80. The Morgan fingerprint density at radius 1 is 1.50 bits per heavy atom. The van der Waals surface area contributed by atoms with Crippen molar-refractivity contribution in [2.24, 2.45) is 13.0 Å². The standard InChI is InChI=1S/C14H18BrN3/c1-9-5-11(15)7-12-14(9)17-13(18(12)2)6-10-3-4-16-8-10/h5,7,10,16H,3-4,6,8H2,1-2H3. The first-order chi connectivity index (χ1) is 8.65. The summed E-state index contributed by atoms with van der Waals surface area (Å²) in [6.45, 7) is 4.41. The molecule has 0 spiro atoms. The molecule has 1 atom stereocenters. The van der Waals surface area contributed by atoms with E-state index in [0.717, 1.165) is 35.4 Å². The van der Waals surface area contributed by atoms with E-state index >= 15 is 0 Å². The van der Waals surface area contributed by atoms with Gasteiger partial charge in [0, 0.05) is 17.9 Å². The first kappa shape index (κ1) is 12.2. The molecule has 0 radical (unpaired) electrons. The minimum absolute atomic E-state index is 0.740. The third-order valence-corrected chi connectivity index (χ3v) is 4.33. The summed E-state index contributed by atoms with van der Waals surface area (Å²) in [6.07, 6.45) is 2.35.